The Labute approximate surface area is 138 Å². The molecule has 1 saturated heterocycles. The minimum Gasteiger partial charge on any atom is -0.263 e. The average Bonchev–Trinajstić information content (AvgIpc) is 2.75. The van der Waals surface area contributed by atoms with Crippen molar-refractivity contribution >= 4 is 31.1 Å². The lowest BCUT2D eigenvalue weighted by Crippen LogP contribution is -2.63. The number of hydrogen-bond acceptors (Lipinski definition) is 5. The number of halogens is 6. The molecule has 1 aliphatic rings. The monoisotopic (exact) mass is 426 g/mol. The standard InChI is InChI=1S/C9H16F6N2O4S3/c1-7(2,16-22-5-3-4-6-22)17(23(18,19)8(10,11)12)24(20,21)9(13,14)15/h16,22H,3-6H2,1-2H3. The molecule has 1 fully saturated rings. The van der Waals surface area contributed by atoms with E-state index in [2.05, 4.69) is 4.72 Å². The molecule has 0 saturated carbocycles. The molecule has 1 rings (SSSR count). The maximum absolute atomic E-state index is 12.8. The summed E-state index contributed by atoms with van der Waals surface area (Å²) in [5.74, 6) is 0.871. The van der Waals surface area contributed by atoms with Gasteiger partial charge in [0, 0.05) is 0 Å². The van der Waals surface area contributed by atoms with Crippen LogP contribution in [-0.4, -0.2) is 48.7 Å². The summed E-state index contributed by atoms with van der Waals surface area (Å²) in [6.45, 7) is 1.31. The van der Waals surface area contributed by atoms with Crippen molar-refractivity contribution in [1.29, 1.82) is 0 Å². The fourth-order valence-corrected chi connectivity index (χ4v) is 8.05. The molecule has 0 radical (unpaired) electrons. The molecular weight excluding hydrogens is 410 g/mol. The summed E-state index contributed by atoms with van der Waals surface area (Å²) in [4.78, 5) is 0. The van der Waals surface area contributed by atoms with E-state index in [9.17, 15) is 43.2 Å². The Morgan fingerprint density at radius 2 is 1.17 bits per heavy atom. The van der Waals surface area contributed by atoms with E-state index in [0.717, 1.165) is 0 Å². The van der Waals surface area contributed by atoms with Crippen LogP contribution in [-0.2, 0) is 20.0 Å². The van der Waals surface area contributed by atoms with Crippen molar-refractivity contribution in [3.63, 3.8) is 0 Å². The summed E-state index contributed by atoms with van der Waals surface area (Å²) < 4.78 is 124. The smallest absolute Gasteiger partial charge is 0.263 e. The van der Waals surface area contributed by atoms with E-state index < -0.39 is 51.5 Å². The molecule has 0 aliphatic carbocycles. The van der Waals surface area contributed by atoms with E-state index in [1.807, 2.05) is 0 Å². The van der Waals surface area contributed by atoms with E-state index in [0.29, 0.717) is 38.2 Å². The van der Waals surface area contributed by atoms with Gasteiger partial charge in [-0.05, 0) is 38.2 Å². The molecule has 0 atom stereocenters. The molecule has 15 heteroatoms. The Morgan fingerprint density at radius 3 is 1.46 bits per heavy atom. The largest absolute Gasteiger partial charge is 0.512 e. The van der Waals surface area contributed by atoms with E-state index >= 15 is 0 Å². The average molecular weight is 426 g/mol. The lowest BCUT2D eigenvalue weighted by molar-refractivity contribution is -0.0565. The van der Waals surface area contributed by atoms with Crippen LogP contribution in [0.2, 0.25) is 0 Å². The molecule has 0 unspecified atom stereocenters. The van der Waals surface area contributed by atoms with Crippen molar-refractivity contribution in [1.82, 2.24) is 8.43 Å². The summed E-state index contributed by atoms with van der Waals surface area (Å²) in [5.41, 5.74) is -15.1. The molecule has 1 aliphatic heterocycles. The number of nitrogens with one attached hydrogen (secondary N) is 1. The van der Waals surface area contributed by atoms with Crippen LogP contribution in [0.1, 0.15) is 26.7 Å². The van der Waals surface area contributed by atoms with Crippen molar-refractivity contribution in [2.75, 3.05) is 11.5 Å². The van der Waals surface area contributed by atoms with Gasteiger partial charge in [-0.15, -0.1) is 0 Å². The topological polar surface area (TPSA) is 83.6 Å². The number of sulfonamides is 2. The fraction of sp³-hybridized carbons (Fsp3) is 1.00. The lowest BCUT2D eigenvalue weighted by Gasteiger charge is -2.39. The second kappa shape index (κ2) is 6.48. The van der Waals surface area contributed by atoms with Gasteiger partial charge in [0.2, 0.25) is 0 Å². The second-order valence-electron chi connectivity index (χ2n) is 5.46. The first-order chi connectivity index (χ1) is 10.4. The van der Waals surface area contributed by atoms with Crippen molar-refractivity contribution < 1.29 is 43.2 Å². The van der Waals surface area contributed by atoms with Crippen molar-refractivity contribution in [2.45, 2.75) is 43.4 Å². The SMILES string of the molecule is CC(C)(N[SH]1CCCC1)N(S(=O)(=O)C(F)(F)F)S(=O)(=O)C(F)(F)F. The Bertz CT molecular complexity index is 620. The molecule has 0 aromatic carbocycles. The molecule has 146 valence electrons. The minimum absolute atomic E-state index is 0.435. The van der Waals surface area contributed by atoms with Crippen LogP contribution < -0.4 is 4.72 Å². The van der Waals surface area contributed by atoms with Gasteiger partial charge in [0.1, 0.15) is 5.66 Å². The van der Waals surface area contributed by atoms with Gasteiger partial charge in [0.25, 0.3) is 0 Å². The molecule has 0 bridgehead atoms. The first-order valence-corrected chi connectivity index (χ1v) is 11.0. The van der Waals surface area contributed by atoms with Crippen LogP contribution in [0.5, 0.6) is 0 Å². The quantitative estimate of drug-likeness (QED) is 0.399. The van der Waals surface area contributed by atoms with Crippen molar-refractivity contribution in [2.24, 2.45) is 0 Å². The highest BCUT2D eigenvalue weighted by atomic mass is 32.3. The fourth-order valence-electron chi connectivity index (χ4n) is 2.17. The van der Waals surface area contributed by atoms with Gasteiger partial charge in [0.15, 0.2) is 0 Å². The van der Waals surface area contributed by atoms with Crippen LogP contribution in [0.25, 0.3) is 0 Å². The first-order valence-electron chi connectivity index (χ1n) is 6.40. The molecule has 0 amide bonds. The van der Waals surface area contributed by atoms with Crippen molar-refractivity contribution in [3.05, 3.63) is 0 Å². The lowest BCUT2D eigenvalue weighted by atomic mass is 10.3. The van der Waals surface area contributed by atoms with Gasteiger partial charge in [0.05, 0.1) is 0 Å². The minimum atomic E-state index is -6.81. The second-order valence-corrected chi connectivity index (χ2v) is 11.4. The van der Waals surface area contributed by atoms with Crippen molar-refractivity contribution in [3.8, 4) is 0 Å². The van der Waals surface area contributed by atoms with E-state index in [-0.39, 0.29) is 0 Å². The predicted octanol–water partition coefficient (Wildman–Crippen LogP) is 2.02. The third-order valence-electron chi connectivity index (χ3n) is 3.02. The highest BCUT2D eigenvalue weighted by Crippen LogP contribution is 2.42. The normalized spacial score (nSPS) is 20.0. The van der Waals surface area contributed by atoms with Gasteiger partial charge < -0.3 is 0 Å². The van der Waals surface area contributed by atoms with E-state index in [1.54, 1.807) is 0 Å². The Balaban J connectivity index is 3.49. The maximum atomic E-state index is 12.8. The number of nitrogens with zero attached hydrogens (tertiary/aromatic N) is 1. The first kappa shape index (κ1) is 21.8. The van der Waals surface area contributed by atoms with Gasteiger partial charge in [-0.1, -0.05) is 3.71 Å². The van der Waals surface area contributed by atoms with Crippen LogP contribution in [0.15, 0.2) is 0 Å². The number of hydrogen-bond donors (Lipinski definition) is 2. The molecular formula is C9H16F6N2O4S3. The Hall–Kier alpha value is -0.250. The molecule has 1 N–H and O–H groups in total. The molecule has 6 nitrogen and oxygen atoms in total. The summed E-state index contributed by atoms with van der Waals surface area (Å²) in [5, 5.41) is 0. The van der Waals surface area contributed by atoms with Crippen LogP contribution in [0, 0.1) is 0 Å². The third kappa shape index (κ3) is 4.11. The van der Waals surface area contributed by atoms with Crippen LogP contribution >= 0.6 is 11.1 Å². The highest BCUT2D eigenvalue weighted by molar-refractivity contribution is 8.15. The van der Waals surface area contributed by atoms with Gasteiger partial charge in [-0.2, -0.15) is 37.4 Å². The summed E-state index contributed by atoms with van der Waals surface area (Å²) in [7, 11) is -13.6. The highest BCUT2D eigenvalue weighted by Gasteiger charge is 2.65. The van der Waals surface area contributed by atoms with Gasteiger partial charge in [-0.25, -0.2) is 16.8 Å². The van der Waals surface area contributed by atoms with Crippen LogP contribution in [0.4, 0.5) is 26.3 Å². The van der Waals surface area contributed by atoms with Gasteiger partial charge >= 0.3 is 31.1 Å². The Kier molecular flexibility index (Phi) is 5.88. The molecule has 24 heavy (non-hydrogen) atoms. The number of rotatable bonds is 5. The zero-order valence-electron chi connectivity index (χ0n) is 12.4. The zero-order chi connectivity index (χ0) is 19.2. The summed E-state index contributed by atoms with van der Waals surface area (Å²) in [6.07, 6.45) is 1.32. The van der Waals surface area contributed by atoms with Gasteiger partial charge in [-0.3, -0.25) is 4.72 Å². The van der Waals surface area contributed by atoms with Crippen LogP contribution in [0.3, 0.4) is 0 Å². The molecule has 1 heterocycles. The molecule has 0 aromatic heterocycles. The maximum Gasteiger partial charge on any atom is 0.512 e. The summed E-state index contributed by atoms with van der Waals surface area (Å²) in [6, 6.07) is 0. The Morgan fingerprint density at radius 1 is 0.833 bits per heavy atom. The number of thiol groups is 1. The third-order valence-corrected chi connectivity index (χ3v) is 9.72. The van der Waals surface area contributed by atoms with E-state index in [4.69, 9.17) is 0 Å². The summed E-state index contributed by atoms with van der Waals surface area (Å²) >= 11 is -1.29. The molecule has 0 aromatic rings. The molecule has 0 spiro atoms. The predicted molar refractivity (Wildman–Crippen MR) is 77.0 cm³/mol. The van der Waals surface area contributed by atoms with E-state index in [1.165, 1.54) is 0 Å². The number of alkyl halides is 6. The zero-order valence-corrected chi connectivity index (χ0v) is 15.0.